The minimum absolute atomic E-state index is 0.0873. The van der Waals surface area contributed by atoms with Gasteiger partial charge >= 0.3 is 6.09 Å². The molecule has 1 amide bonds. The van der Waals surface area contributed by atoms with Crippen molar-refractivity contribution in [1.82, 2.24) is 5.32 Å². The molecule has 2 atom stereocenters. The van der Waals surface area contributed by atoms with Crippen molar-refractivity contribution in [3.05, 3.63) is 0 Å². The van der Waals surface area contributed by atoms with Crippen molar-refractivity contribution in [1.29, 1.82) is 0 Å². The van der Waals surface area contributed by atoms with E-state index in [2.05, 4.69) is 5.32 Å². The predicted molar refractivity (Wildman–Crippen MR) is 64.4 cm³/mol. The number of carbonyl (C=O) groups is 1. The van der Waals surface area contributed by atoms with Gasteiger partial charge in [0.1, 0.15) is 5.60 Å². The van der Waals surface area contributed by atoms with E-state index < -0.39 is 32.3 Å². The fourth-order valence-electron chi connectivity index (χ4n) is 1.74. The van der Waals surface area contributed by atoms with Crippen molar-refractivity contribution in [3.8, 4) is 0 Å². The van der Waals surface area contributed by atoms with Crippen LogP contribution in [0, 0.1) is 0 Å². The van der Waals surface area contributed by atoms with E-state index in [1.54, 1.807) is 20.8 Å². The van der Waals surface area contributed by atoms with Gasteiger partial charge in [-0.2, -0.15) is 0 Å². The lowest BCUT2D eigenvalue weighted by Crippen LogP contribution is -2.48. The van der Waals surface area contributed by atoms with Gasteiger partial charge in [0.05, 0.1) is 10.8 Å². The zero-order chi connectivity index (χ0) is 13.5. The van der Waals surface area contributed by atoms with Gasteiger partial charge in [-0.3, -0.25) is 0 Å². The van der Waals surface area contributed by atoms with E-state index in [-0.39, 0.29) is 6.54 Å². The summed E-state index contributed by atoms with van der Waals surface area (Å²) in [5.74, 6) is 0. The van der Waals surface area contributed by atoms with Gasteiger partial charge in [-0.1, -0.05) is 0 Å². The highest BCUT2D eigenvalue weighted by Crippen LogP contribution is 2.41. The first-order chi connectivity index (χ1) is 7.50. The molecule has 6 nitrogen and oxygen atoms in total. The summed E-state index contributed by atoms with van der Waals surface area (Å²) in [5.41, 5.74) is 4.07. The van der Waals surface area contributed by atoms with Gasteiger partial charge in [-0.25, -0.2) is 13.2 Å². The molecule has 1 fully saturated rings. The molecular formula is C10H20N2O4S. The minimum atomic E-state index is -3.19. The molecule has 0 aromatic heterocycles. The Hall–Kier alpha value is -0.820. The number of nitrogens with two attached hydrogens (primary N) is 1. The topological polar surface area (TPSA) is 98.5 Å². The fraction of sp³-hybridized carbons (Fsp3) is 0.900. The van der Waals surface area contributed by atoms with Crippen molar-refractivity contribution in [2.45, 2.75) is 43.6 Å². The van der Waals surface area contributed by atoms with E-state index in [9.17, 15) is 13.2 Å². The highest BCUT2D eigenvalue weighted by Gasteiger charge is 2.60. The Morgan fingerprint density at radius 2 is 2.06 bits per heavy atom. The van der Waals surface area contributed by atoms with Crippen LogP contribution in [-0.4, -0.2) is 43.7 Å². The predicted octanol–water partition coefficient (Wildman–Crippen LogP) is 0.0255. The molecule has 1 aliphatic rings. The standard InChI is InChI=1S/C10H20N2O4S/c1-9(2,3)16-8(13)12-10(6-11)5-7(10)17(4,14)15/h7H,5-6,11H2,1-4H3,(H,12,13). The molecule has 0 aromatic carbocycles. The Morgan fingerprint density at radius 3 is 2.35 bits per heavy atom. The Labute approximate surface area is 102 Å². The molecule has 0 saturated heterocycles. The normalized spacial score (nSPS) is 28.6. The maximum Gasteiger partial charge on any atom is 0.408 e. The zero-order valence-electron chi connectivity index (χ0n) is 10.6. The van der Waals surface area contributed by atoms with E-state index in [4.69, 9.17) is 10.5 Å². The highest BCUT2D eigenvalue weighted by atomic mass is 32.2. The monoisotopic (exact) mass is 264 g/mol. The van der Waals surface area contributed by atoms with Crippen molar-refractivity contribution in [2.75, 3.05) is 12.8 Å². The van der Waals surface area contributed by atoms with Crippen LogP contribution >= 0.6 is 0 Å². The van der Waals surface area contributed by atoms with Crippen LogP contribution in [0.5, 0.6) is 0 Å². The van der Waals surface area contributed by atoms with Crippen LogP contribution in [-0.2, 0) is 14.6 Å². The SMILES string of the molecule is CC(C)(C)OC(=O)NC1(CN)CC1S(C)(=O)=O. The van der Waals surface area contributed by atoms with Crippen molar-refractivity contribution < 1.29 is 17.9 Å². The summed E-state index contributed by atoms with van der Waals surface area (Å²) in [5, 5.41) is 1.96. The molecule has 0 aliphatic heterocycles. The molecule has 100 valence electrons. The van der Waals surface area contributed by atoms with Gasteiger partial charge in [0.2, 0.25) is 0 Å². The maximum atomic E-state index is 11.6. The smallest absolute Gasteiger partial charge is 0.408 e. The van der Waals surface area contributed by atoms with Crippen LogP contribution in [0.15, 0.2) is 0 Å². The summed E-state index contributed by atoms with van der Waals surface area (Å²) in [6.07, 6.45) is 0.863. The number of sulfone groups is 1. The molecule has 7 heteroatoms. The average molecular weight is 264 g/mol. The van der Waals surface area contributed by atoms with Crippen LogP contribution in [0.25, 0.3) is 0 Å². The number of hydrogen-bond donors (Lipinski definition) is 2. The maximum absolute atomic E-state index is 11.6. The van der Waals surface area contributed by atoms with Crippen LogP contribution in [0.4, 0.5) is 4.79 Å². The van der Waals surface area contributed by atoms with Crippen LogP contribution in [0.2, 0.25) is 0 Å². The molecule has 0 bridgehead atoms. The molecule has 1 aliphatic carbocycles. The van der Waals surface area contributed by atoms with Gasteiger partial charge < -0.3 is 15.8 Å². The van der Waals surface area contributed by atoms with Gasteiger partial charge in [-0.05, 0) is 27.2 Å². The highest BCUT2D eigenvalue weighted by molar-refractivity contribution is 7.91. The minimum Gasteiger partial charge on any atom is -0.444 e. The third kappa shape index (κ3) is 3.57. The second kappa shape index (κ2) is 4.13. The first kappa shape index (κ1) is 14.2. The van der Waals surface area contributed by atoms with Crippen molar-refractivity contribution in [2.24, 2.45) is 5.73 Å². The summed E-state index contributed by atoms with van der Waals surface area (Å²) in [6.45, 7) is 5.30. The lowest BCUT2D eigenvalue weighted by molar-refractivity contribution is 0.0499. The summed E-state index contributed by atoms with van der Waals surface area (Å²) in [7, 11) is -3.19. The molecular weight excluding hydrogens is 244 g/mol. The van der Waals surface area contributed by atoms with E-state index in [1.165, 1.54) is 0 Å². The van der Waals surface area contributed by atoms with Gasteiger partial charge in [0.25, 0.3) is 0 Å². The average Bonchev–Trinajstić information content (AvgIpc) is 2.75. The number of rotatable bonds is 3. The number of ether oxygens (including phenoxy) is 1. The molecule has 1 saturated carbocycles. The number of alkyl carbamates (subject to hydrolysis) is 1. The second-order valence-electron chi connectivity index (χ2n) is 5.51. The Morgan fingerprint density at radius 1 is 1.53 bits per heavy atom. The molecule has 2 unspecified atom stereocenters. The number of amides is 1. The Bertz CT molecular complexity index is 413. The molecule has 17 heavy (non-hydrogen) atoms. The van der Waals surface area contributed by atoms with Gasteiger partial charge in [-0.15, -0.1) is 0 Å². The van der Waals surface area contributed by atoms with E-state index in [0.717, 1.165) is 6.26 Å². The fourth-order valence-corrected chi connectivity index (χ4v) is 3.31. The number of nitrogens with one attached hydrogen (secondary N) is 1. The quantitative estimate of drug-likeness (QED) is 0.749. The second-order valence-corrected chi connectivity index (χ2v) is 7.74. The Balaban J connectivity index is 2.66. The van der Waals surface area contributed by atoms with E-state index in [0.29, 0.717) is 6.42 Å². The van der Waals surface area contributed by atoms with Crippen molar-refractivity contribution in [3.63, 3.8) is 0 Å². The van der Waals surface area contributed by atoms with E-state index >= 15 is 0 Å². The summed E-state index contributed by atoms with van der Waals surface area (Å²) in [6, 6.07) is 0. The zero-order valence-corrected chi connectivity index (χ0v) is 11.4. The van der Waals surface area contributed by atoms with Gasteiger partial charge in [0, 0.05) is 12.8 Å². The largest absolute Gasteiger partial charge is 0.444 e. The lowest BCUT2D eigenvalue weighted by Gasteiger charge is -2.23. The van der Waals surface area contributed by atoms with Crippen LogP contribution < -0.4 is 11.1 Å². The molecule has 0 aromatic rings. The first-order valence-electron chi connectivity index (χ1n) is 5.40. The summed E-state index contributed by atoms with van der Waals surface area (Å²) in [4.78, 5) is 11.6. The van der Waals surface area contributed by atoms with Crippen LogP contribution in [0.1, 0.15) is 27.2 Å². The summed E-state index contributed by atoms with van der Waals surface area (Å²) >= 11 is 0. The number of carbonyl (C=O) groups excluding carboxylic acids is 1. The van der Waals surface area contributed by atoms with Gasteiger partial charge in [0.15, 0.2) is 9.84 Å². The first-order valence-corrected chi connectivity index (χ1v) is 7.36. The molecule has 0 radical (unpaired) electrons. The van der Waals surface area contributed by atoms with Crippen molar-refractivity contribution >= 4 is 15.9 Å². The van der Waals surface area contributed by atoms with E-state index in [1.807, 2.05) is 0 Å². The third-order valence-corrected chi connectivity index (χ3v) is 4.29. The van der Waals surface area contributed by atoms with Crippen LogP contribution in [0.3, 0.4) is 0 Å². The Kier molecular flexibility index (Phi) is 3.46. The molecule has 1 rings (SSSR count). The molecule has 0 heterocycles. The third-order valence-electron chi connectivity index (χ3n) is 2.64. The number of hydrogen-bond acceptors (Lipinski definition) is 5. The lowest BCUT2D eigenvalue weighted by atomic mass is 10.2. The molecule has 0 spiro atoms. The summed E-state index contributed by atoms with van der Waals surface area (Å²) < 4.78 is 27.9. The molecule has 3 N–H and O–H groups in total.